The van der Waals surface area contributed by atoms with Crippen LogP contribution in [0.15, 0.2) is 72.8 Å². The molecule has 36 heavy (non-hydrogen) atoms. The van der Waals surface area contributed by atoms with E-state index in [1.165, 1.54) is 42.0 Å². The number of methoxy groups -OCH3 is 2. The second kappa shape index (κ2) is 11.4. The SMILES string of the molecule is COCCNC(=O)[C@H](c1ccccc1F)N(C(=O)Cn1nnc2ccccc21)c1ccc(OC)cc1. The fourth-order valence-electron chi connectivity index (χ4n) is 3.89. The molecule has 0 bridgehead atoms. The molecule has 1 N–H and O–H groups in total. The first-order valence-electron chi connectivity index (χ1n) is 11.3. The third-order valence-corrected chi connectivity index (χ3v) is 5.64. The van der Waals surface area contributed by atoms with E-state index in [1.807, 2.05) is 12.1 Å². The van der Waals surface area contributed by atoms with Gasteiger partial charge in [-0.3, -0.25) is 14.5 Å². The van der Waals surface area contributed by atoms with Crippen LogP contribution in [0.4, 0.5) is 10.1 Å². The Morgan fingerprint density at radius 1 is 1.03 bits per heavy atom. The molecule has 1 aromatic heterocycles. The molecular weight excluding hydrogens is 465 g/mol. The van der Waals surface area contributed by atoms with E-state index in [-0.39, 0.29) is 25.3 Å². The molecule has 4 aromatic rings. The summed E-state index contributed by atoms with van der Waals surface area (Å²) in [7, 11) is 3.04. The number of ether oxygens (including phenoxy) is 2. The smallest absolute Gasteiger partial charge is 0.249 e. The highest BCUT2D eigenvalue weighted by molar-refractivity contribution is 6.01. The van der Waals surface area contributed by atoms with Crippen LogP contribution in [0.5, 0.6) is 5.75 Å². The summed E-state index contributed by atoms with van der Waals surface area (Å²) in [5.74, 6) is -1.07. The Bertz CT molecular complexity index is 1340. The number of carbonyl (C=O) groups excluding carboxylic acids is 2. The van der Waals surface area contributed by atoms with Gasteiger partial charge in [0.05, 0.1) is 19.2 Å². The summed E-state index contributed by atoms with van der Waals surface area (Å²) in [5.41, 5.74) is 1.73. The van der Waals surface area contributed by atoms with Crippen molar-refractivity contribution in [3.8, 4) is 5.75 Å². The Morgan fingerprint density at radius 3 is 2.47 bits per heavy atom. The van der Waals surface area contributed by atoms with Crippen molar-refractivity contribution in [2.75, 3.05) is 32.3 Å². The van der Waals surface area contributed by atoms with Crippen molar-refractivity contribution in [1.29, 1.82) is 0 Å². The Morgan fingerprint density at radius 2 is 1.75 bits per heavy atom. The van der Waals surface area contributed by atoms with Gasteiger partial charge in [-0.05, 0) is 42.5 Å². The number of anilines is 1. The first kappa shape index (κ1) is 24.8. The van der Waals surface area contributed by atoms with Crippen LogP contribution >= 0.6 is 0 Å². The highest BCUT2D eigenvalue weighted by Crippen LogP contribution is 2.31. The minimum atomic E-state index is -1.29. The van der Waals surface area contributed by atoms with E-state index in [9.17, 15) is 9.59 Å². The number of nitrogens with zero attached hydrogens (tertiary/aromatic N) is 4. The molecule has 0 saturated carbocycles. The number of hydrogen-bond donors (Lipinski definition) is 1. The van der Waals surface area contributed by atoms with Crippen molar-refractivity contribution in [2.45, 2.75) is 12.6 Å². The lowest BCUT2D eigenvalue weighted by molar-refractivity contribution is -0.127. The fourth-order valence-corrected chi connectivity index (χ4v) is 3.89. The Hall–Kier alpha value is -4.31. The molecule has 186 valence electrons. The molecule has 0 aliphatic rings. The van der Waals surface area contributed by atoms with Crippen molar-refractivity contribution >= 4 is 28.5 Å². The summed E-state index contributed by atoms with van der Waals surface area (Å²) >= 11 is 0. The van der Waals surface area contributed by atoms with Crippen molar-refractivity contribution in [1.82, 2.24) is 20.3 Å². The van der Waals surface area contributed by atoms with Crippen LogP contribution in [0, 0.1) is 5.82 Å². The summed E-state index contributed by atoms with van der Waals surface area (Å²) in [6.45, 7) is 0.235. The maximum absolute atomic E-state index is 15.0. The minimum absolute atomic E-state index is 0.0556. The summed E-state index contributed by atoms with van der Waals surface area (Å²) < 4.78 is 26.8. The largest absolute Gasteiger partial charge is 0.497 e. The second-order valence-electron chi connectivity index (χ2n) is 7.91. The molecule has 0 aliphatic carbocycles. The van der Waals surface area contributed by atoms with E-state index in [1.54, 1.807) is 42.5 Å². The van der Waals surface area contributed by atoms with E-state index < -0.39 is 23.7 Å². The van der Waals surface area contributed by atoms with E-state index >= 15 is 4.39 Å². The predicted octanol–water partition coefficient (Wildman–Crippen LogP) is 3.12. The van der Waals surface area contributed by atoms with Crippen LogP contribution in [0.2, 0.25) is 0 Å². The van der Waals surface area contributed by atoms with Crippen LogP contribution in [-0.2, 0) is 20.9 Å². The van der Waals surface area contributed by atoms with Gasteiger partial charge in [0.25, 0.3) is 0 Å². The average molecular weight is 492 g/mol. The van der Waals surface area contributed by atoms with Crippen LogP contribution in [-0.4, -0.2) is 54.2 Å². The molecule has 4 rings (SSSR count). The monoisotopic (exact) mass is 491 g/mol. The third kappa shape index (κ3) is 5.33. The van der Waals surface area contributed by atoms with Crippen molar-refractivity contribution in [3.05, 3.63) is 84.2 Å². The molecule has 10 heteroatoms. The summed E-state index contributed by atoms with van der Waals surface area (Å²) in [4.78, 5) is 28.6. The topological polar surface area (TPSA) is 98.6 Å². The maximum Gasteiger partial charge on any atom is 0.249 e. The fraction of sp³-hybridized carbons (Fsp3) is 0.231. The van der Waals surface area contributed by atoms with Crippen LogP contribution in [0.25, 0.3) is 11.0 Å². The van der Waals surface area contributed by atoms with Crippen LogP contribution < -0.4 is 15.0 Å². The summed E-state index contributed by atoms with van der Waals surface area (Å²) in [6, 6.07) is 18.5. The van der Waals surface area contributed by atoms with Gasteiger partial charge in [-0.2, -0.15) is 0 Å². The van der Waals surface area contributed by atoms with Crippen molar-refractivity contribution in [2.24, 2.45) is 0 Å². The molecule has 0 saturated heterocycles. The number of fused-ring (bicyclic) bond motifs is 1. The molecule has 2 amide bonds. The number of rotatable bonds is 10. The molecular formula is C26H26FN5O4. The van der Waals surface area contributed by atoms with E-state index in [2.05, 4.69) is 15.6 Å². The normalized spacial score (nSPS) is 11.8. The van der Waals surface area contributed by atoms with E-state index in [0.717, 1.165) is 0 Å². The first-order chi connectivity index (χ1) is 17.5. The Kier molecular flexibility index (Phi) is 7.86. The zero-order valence-corrected chi connectivity index (χ0v) is 19.9. The number of benzene rings is 3. The number of aromatic nitrogens is 3. The third-order valence-electron chi connectivity index (χ3n) is 5.64. The predicted molar refractivity (Wildman–Crippen MR) is 132 cm³/mol. The van der Waals surface area contributed by atoms with Crippen molar-refractivity contribution in [3.63, 3.8) is 0 Å². The highest BCUT2D eigenvalue weighted by Gasteiger charge is 2.35. The lowest BCUT2D eigenvalue weighted by atomic mass is 10.0. The highest BCUT2D eigenvalue weighted by atomic mass is 19.1. The molecule has 0 spiro atoms. The number of carbonyl (C=O) groups is 2. The molecule has 9 nitrogen and oxygen atoms in total. The van der Waals surface area contributed by atoms with Gasteiger partial charge >= 0.3 is 0 Å². The van der Waals surface area contributed by atoms with Gasteiger partial charge in [0, 0.05) is 24.9 Å². The van der Waals surface area contributed by atoms with Gasteiger partial charge in [0.1, 0.15) is 29.7 Å². The summed E-state index contributed by atoms with van der Waals surface area (Å²) in [5, 5.41) is 10.9. The lowest BCUT2D eigenvalue weighted by Crippen LogP contribution is -2.46. The molecule has 0 unspecified atom stereocenters. The summed E-state index contributed by atoms with van der Waals surface area (Å²) in [6.07, 6.45) is 0. The van der Waals surface area contributed by atoms with Gasteiger partial charge in [-0.25, -0.2) is 9.07 Å². The molecule has 0 fully saturated rings. The Balaban J connectivity index is 1.79. The van der Waals surface area contributed by atoms with Gasteiger partial charge in [0.2, 0.25) is 11.8 Å². The lowest BCUT2D eigenvalue weighted by Gasteiger charge is -2.32. The van der Waals surface area contributed by atoms with Gasteiger partial charge in [-0.15, -0.1) is 5.10 Å². The number of halogens is 1. The van der Waals surface area contributed by atoms with Crippen LogP contribution in [0.1, 0.15) is 11.6 Å². The molecule has 0 aliphatic heterocycles. The van der Waals surface area contributed by atoms with Crippen LogP contribution in [0.3, 0.4) is 0 Å². The van der Waals surface area contributed by atoms with Gasteiger partial charge in [-0.1, -0.05) is 35.5 Å². The standard InChI is InChI=1S/C26H26FN5O4/c1-35-16-15-28-26(34)25(20-7-3-4-8-21(20)27)32(18-11-13-19(36-2)14-12-18)24(33)17-31-23-10-6-5-9-22(23)29-30-31/h3-14,25H,15-17H2,1-2H3,(H,28,34)/t25-/m0/s1. The molecule has 3 aromatic carbocycles. The minimum Gasteiger partial charge on any atom is -0.497 e. The van der Waals surface area contributed by atoms with Gasteiger partial charge < -0.3 is 14.8 Å². The second-order valence-corrected chi connectivity index (χ2v) is 7.91. The number of amides is 2. The molecule has 1 atom stereocenters. The maximum atomic E-state index is 15.0. The number of para-hydroxylation sites is 1. The number of hydrogen-bond acceptors (Lipinski definition) is 6. The zero-order valence-electron chi connectivity index (χ0n) is 19.9. The first-order valence-corrected chi connectivity index (χ1v) is 11.3. The van der Waals surface area contributed by atoms with Gasteiger partial charge in [0.15, 0.2) is 0 Å². The molecule has 0 radical (unpaired) electrons. The average Bonchev–Trinajstić information content (AvgIpc) is 3.30. The van der Waals surface area contributed by atoms with E-state index in [0.29, 0.717) is 22.5 Å². The zero-order chi connectivity index (χ0) is 25.5. The van der Waals surface area contributed by atoms with E-state index in [4.69, 9.17) is 9.47 Å². The number of nitrogens with one attached hydrogen (secondary N) is 1. The Labute approximate surface area is 207 Å². The quantitative estimate of drug-likeness (QED) is 0.342. The molecule has 1 heterocycles. The van der Waals surface area contributed by atoms with Crippen molar-refractivity contribution < 1.29 is 23.5 Å².